The van der Waals surface area contributed by atoms with Crippen molar-refractivity contribution in [1.82, 2.24) is 0 Å². The van der Waals surface area contributed by atoms with Crippen molar-refractivity contribution in [3.05, 3.63) is 41.0 Å². The van der Waals surface area contributed by atoms with Crippen molar-refractivity contribution in [3.8, 4) is 17.2 Å². The predicted octanol–water partition coefficient (Wildman–Crippen LogP) is 0.504. The molecular weight excluding hydrogens is 602 g/mol. The number of phenolic OH excluding ortho intramolecular Hbond substituents is 1. The number of fused-ring (bicyclic) bond motifs is 5. The largest absolute Gasteiger partial charge is 0.506 e. The molecule has 14 heteroatoms. The van der Waals surface area contributed by atoms with Gasteiger partial charge in [0.15, 0.2) is 5.78 Å². The zero-order valence-corrected chi connectivity index (χ0v) is 25.3. The average molecular weight is 640 g/mol. The van der Waals surface area contributed by atoms with Gasteiger partial charge in [0, 0.05) is 41.0 Å². The molecule has 5 rings (SSSR count). The number of hydrogen-bond donors (Lipinski definition) is 8. The van der Waals surface area contributed by atoms with E-state index in [9.17, 15) is 40.5 Å². The fourth-order valence-corrected chi connectivity index (χ4v) is 8.95. The highest BCUT2D eigenvalue weighted by Crippen LogP contribution is 2.47. The SMILES string of the molecule is COc1cc2c3c(O)c(c(C)cc3c1CO)C(=O)C[C@@H](CO)SSC[C@H]1C[C@@H](N)C=C[C@@]1(O)[C@@H]1O[C@H](O2)[C@H](O)[C@@H](O)[C@@H]1O. The quantitative estimate of drug-likeness (QED) is 0.170. The van der Waals surface area contributed by atoms with Gasteiger partial charge in [-0.25, -0.2) is 0 Å². The molecule has 9 atom stereocenters. The second kappa shape index (κ2) is 12.7. The van der Waals surface area contributed by atoms with Gasteiger partial charge in [0.1, 0.15) is 47.3 Å². The summed E-state index contributed by atoms with van der Waals surface area (Å²) in [5, 5.41) is 76.4. The summed E-state index contributed by atoms with van der Waals surface area (Å²) in [6.45, 7) is 0.825. The summed E-state index contributed by atoms with van der Waals surface area (Å²) in [6, 6.07) is 2.55. The minimum atomic E-state index is -1.85. The van der Waals surface area contributed by atoms with Crippen LogP contribution in [0.5, 0.6) is 17.2 Å². The molecule has 236 valence electrons. The van der Waals surface area contributed by atoms with Gasteiger partial charge in [-0.3, -0.25) is 4.79 Å². The first-order valence-corrected chi connectivity index (χ1v) is 16.3. The molecule has 0 unspecified atom stereocenters. The smallest absolute Gasteiger partial charge is 0.229 e. The van der Waals surface area contributed by atoms with Gasteiger partial charge in [0.05, 0.1) is 31.3 Å². The number of aliphatic hydroxyl groups excluding tert-OH is 5. The molecular formula is C29H37NO11S2. The molecule has 4 bridgehead atoms. The third-order valence-corrected chi connectivity index (χ3v) is 11.4. The molecule has 0 aromatic heterocycles. The number of aromatic hydroxyl groups is 1. The standard InChI is InChI=1S/C29H37NO11S2/c1-12-5-16-17(10-32)19(39-2)8-20-22(16)23(34)21(12)18(33)7-15(9-31)43-42-11-13-6-14(30)3-4-29(13,38)27-25(36)24(35)26(37)28(40-20)41-27/h3-5,8,13-15,24-28,31-32,34-38H,6-7,9-11,30H2,1-2H3/t13-,14+,15+,24+,25+,26-,27-,28+,29+/m1/s1. The molecule has 3 aliphatic rings. The molecule has 0 saturated carbocycles. The van der Waals surface area contributed by atoms with Gasteiger partial charge in [-0.05, 0) is 30.4 Å². The molecule has 1 saturated heterocycles. The van der Waals surface area contributed by atoms with E-state index in [0.717, 1.165) is 0 Å². The number of aryl methyl sites for hydroxylation is 1. The Morgan fingerprint density at radius 1 is 1.16 bits per heavy atom. The fraction of sp³-hybridized carbons (Fsp3) is 0.552. The number of methoxy groups -OCH3 is 1. The maximum atomic E-state index is 13.6. The van der Waals surface area contributed by atoms with E-state index in [2.05, 4.69) is 0 Å². The highest BCUT2D eigenvalue weighted by atomic mass is 33.1. The number of hydrogen-bond acceptors (Lipinski definition) is 14. The van der Waals surface area contributed by atoms with E-state index in [0.29, 0.717) is 22.9 Å². The summed E-state index contributed by atoms with van der Waals surface area (Å²) in [7, 11) is 3.92. The van der Waals surface area contributed by atoms with Gasteiger partial charge in [0.25, 0.3) is 0 Å². The molecule has 43 heavy (non-hydrogen) atoms. The lowest BCUT2D eigenvalue weighted by Gasteiger charge is -2.49. The van der Waals surface area contributed by atoms with Gasteiger partial charge in [-0.1, -0.05) is 33.7 Å². The van der Waals surface area contributed by atoms with Crippen LogP contribution in [-0.2, 0) is 11.3 Å². The van der Waals surface area contributed by atoms with Crippen LogP contribution >= 0.6 is 21.6 Å². The third-order valence-electron chi connectivity index (χ3n) is 8.47. The van der Waals surface area contributed by atoms with E-state index >= 15 is 0 Å². The molecule has 1 fully saturated rings. The molecule has 2 aliphatic heterocycles. The second-order valence-corrected chi connectivity index (χ2v) is 13.9. The highest BCUT2D eigenvalue weighted by molar-refractivity contribution is 8.76. The summed E-state index contributed by atoms with van der Waals surface area (Å²) in [5.41, 5.74) is 5.04. The minimum absolute atomic E-state index is 0.00115. The fourth-order valence-electron chi connectivity index (χ4n) is 6.14. The first-order chi connectivity index (χ1) is 20.4. The van der Waals surface area contributed by atoms with Crippen LogP contribution < -0.4 is 15.2 Å². The average Bonchev–Trinajstić information content (AvgIpc) is 2.97. The summed E-state index contributed by atoms with van der Waals surface area (Å²) in [6.07, 6.45) is -5.21. The van der Waals surface area contributed by atoms with Crippen molar-refractivity contribution in [2.24, 2.45) is 11.7 Å². The van der Waals surface area contributed by atoms with Gasteiger partial charge in [0.2, 0.25) is 6.29 Å². The Morgan fingerprint density at radius 3 is 2.58 bits per heavy atom. The van der Waals surface area contributed by atoms with Crippen molar-refractivity contribution in [2.75, 3.05) is 19.5 Å². The Hall–Kier alpha value is -2.11. The van der Waals surface area contributed by atoms with Crippen LogP contribution in [0.25, 0.3) is 10.8 Å². The van der Waals surface area contributed by atoms with Crippen molar-refractivity contribution in [1.29, 1.82) is 0 Å². The lowest BCUT2D eigenvalue weighted by atomic mass is 9.72. The topological polar surface area (TPSA) is 212 Å². The van der Waals surface area contributed by atoms with Gasteiger partial charge < -0.3 is 55.7 Å². The normalized spacial score (nSPS) is 35.0. The Balaban J connectivity index is 1.72. The number of carbonyl (C=O) groups is 1. The Kier molecular flexibility index (Phi) is 9.55. The van der Waals surface area contributed by atoms with Crippen molar-refractivity contribution in [3.63, 3.8) is 0 Å². The Labute approximate surface area is 255 Å². The number of phenols is 1. The van der Waals surface area contributed by atoms with Gasteiger partial charge in [-0.2, -0.15) is 0 Å². The van der Waals surface area contributed by atoms with E-state index in [4.69, 9.17) is 19.9 Å². The van der Waals surface area contributed by atoms with E-state index in [-0.39, 0.29) is 41.2 Å². The Bertz CT molecular complexity index is 1410. The number of rotatable bonds is 3. The number of ketones is 1. The molecule has 12 nitrogen and oxygen atoms in total. The van der Waals surface area contributed by atoms with Crippen LogP contribution in [0.3, 0.4) is 0 Å². The zero-order chi connectivity index (χ0) is 31.2. The van der Waals surface area contributed by atoms with Crippen LogP contribution in [0.4, 0.5) is 0 Å². The number of carbonyl (C=O) groups excluding carboxylic acids is 1. The number of ether oxygens (including phenoxy) is 3. The lowest BCUT2D eigenvalue weighted by Crippen LogP contribution is -2.67. The zero-order valence-electron chi connectivity index (χ0n) is 23.6. The summed E-state index contributed by atoms with van der Waals surface area (Å²) < 4.78 is 17.6. The van der Waals surface area contributed by atoms with Crippen LogP contribution in [0.15, 0.2) is 24.3 Å². The Morgan fingerprint density at radius 2 is 1.91 bits per heavy atom. The minimum Gasteiger partial charge on any atom is -0.506 e. The molecule has 0 spiro atoms. The van der Waals surface area contributed by atoms with Gasteiger partial charge >= 0.3 is 0 Å². The summed E-state index contributed by atoms with van der Waals surface area (Å²) in [5.74, 6) is -1.13. The van der Waals surface area contributed by atoms with E-state index in [1.165, 1.54) is 40.8 Å². The maximum Gasteiger partial charge on any atom is 0.229 e. The molecule has 1 aliphatic carbocycles. The summed E-state index contributed by atoms with van der Waals surface area (Å²) in [4.78, 5) is 13.6. The molecule has 0 radical (unpaired) electrons. The second-order valence-electron chi connectivity index (χ2n) is 11.2. The van der Waals surface area contributed by atoms with Crippen molar-refractivity contribution >= 4 is 38.1 Å². The molecule has 9 N–H and O–H groups in total. The van der Waals surface area contributed by atoms with Crippen molar-refractivity contribution in [2.45, 2.75) is 74.0 Å². The molecule has 2 heterocycles. The molecule has 2 aromatic rings. The summed E-state index contributed by atoms with van der Waals surface area (Å²) >= 11 is 0. The molecule has 2 aromatic carbocycles. The van der Waals surface area contributed by atoms with Crippen LogP contribution in [0.2, 0.25) is 0 Å². The number of nitrogens with two attached hydrogens (primary N) is 1. The first-order valence-electron chi connectivity index (χ1n) is 13.9. The first kappa shape index (κ1) is 32.3. The van der Waals surface area contributed by atoms with Crippen LogP contribution in [0, 0.1) is 12.8 Å². The van der Waals surface area contributed by atoms with Gasteiger partial charge in [-0.15, -0.1) is 0 Å². The number of benzene rings is 2. The third kappa shape index (κ3) is 5.74. The van der Waals surface area contributed by atoms with Crippen molar-refractivity contribution < 1.29 is 54.8 Å². The van der Waals surface area contributed by atoms with E-state index in [1.54, 1.807) is 19.1 Å². The number of Topliss-reactive ketones (excluding diaryl/α,β-unsaturated/α-hetero) is 1. The van der Waals surface area contributed by atoms with E-state index in [1.807, 2.05) is 0 Å². The highest BCUT2D eigenvalue weighted by Gasteiger charge is 2.56. The molecule has 0 amide bonds. The predicted molar refractivity (Wildman–Crippen MR) is 160 cm³/mol. The van der Waals surface area contributed by atoms with Crippen LogP contribution in [0.1, 0.15) is 34.3 Å². The van der Waals surface area contributed by atoms with E-state index < -0.39 is 71.7 Å². The monoisotopic (exact) mass is 639 g/mol. The number of aliphatic hydroxyl groups is 6. The maximum absolute atomic E-state index is 13.6. The lowest BCUT2D eigenvalue weighted by molar-refractivity contribution is -0.304. The van der Waals surface area contributed by atoms with Crippen LogP contribution in [-0.4, -0.2) is 109 Å².